The normalized spacial score (nSPS) is 17.1. The third-order valence-corrected chi connectivity index (χ3v) is 4.47. The van der Waals surface area contributed by atoms with Crippen LogP contribution >= 0.6 is 0 Å². The van der Waals surface area contributed by atoms with E-state index in [1.165, 1.54) is 0 Å². The predicted molar refractivity (Wildman–Crippen MR) is 96.5 cm³/mol. The Morgan fingerprint density at radius 1 is 1.24 bits per heavy atom. The minimum absolute atomic E-state index is 0.0438. The number of primary amides is 1. The van der Waals surface area contributed by atoms with Crippen LogP contribution in [-0.2, 0) is 0 Å². The van der Waals surface area contributed by atoms with E-state index in [4.69, 9.17) is 5.73 Å². The maximum Gasteiger partial charge on any atom is 0.267 e. The van der Waals surface area contributed by atoms with Crippen LogP contribution in [0, 0.1) is 5.92 Å². The second kappa shape index (κ2) is 7.79. The second-order valence-electron chi connectivity index (χ2n) is 6.29. The van der Waals surface area contributed by atoms with Crippen LogP contribution in [0.3, 0.4) is 0 Å². The zero-order chi connectivity index (χ0) is 17.6. The molecule has 130 valence electrons. The summed E-state index contributed by atoms with van der Waals surface area (Å²) >= 11 is 0. The number of benzene rings is 1. The first-order valence-corrected chi connectivity index (χ1v) is 8.47. The number of nitrogens with one attached hydrogen (secondary N) is 1. The number of hydrogen-bond donors (Lipinski definition) is 2. The van der Waals surface area contributed by atoms with Gasteiger partial charge in [-0.3, -0.25) is 14.6 Å². The maximum atomic E-state index is 12.2. The fraction of sp³-hybridized carbons (Fsp3) is 0.316. The van der Waals surface area contributed by atoms with Gasteiger partial charge in [0, 0.05) is 37.1 Å². The molecular weight excluding hydrogens is 316 g/mol. The van der Waals surface area contributed by atoms with Crippen LogP contribution in [0.15, 0.2) is 48.7 Å². The minimum atomic E-state index is -0.523. The lowest BCUT2D eigenvalue weighted by Gasteiger charge is -2.34. The van der Waals surface area contributed by atoms with Gasteiger partial charge in [-0.05, 0) is 43.0 Å². The Kier molecular flexibility index (Phi) is 5.28. The van der Waals surface area contributed by atoms with E-state index >= 15 is 0 Å². The molecule has 1 aromatic carbocycles. The van der Waals surface area contributed by atoms with E-state index in [1.807, 2.05) is 36.4 Å². The standard InChI is InChI=1S/C19H22N4O2/c20-18(24)17-11-16(8-9-21-17)23-10-4-5-14(13-23)12-22-19(25)15-6-2-1-3-7-15/h1-3,6-9,11,14H,4-5,10,12-13H2,(H2,20,24)(H,22,25)/t14-/m1/s1. The van der Waals surface area contributed by atoms with E-state index in [-0.39, 0.29) is 11.6 Å². The van der Waals surface area contributed by atoms with Crippen molar-refractivity contribution in [2.24, 2.45) is 11.7 Å². The summed E-state index contributed by atoms with van der Waals surface area (Å²) in [7, 11) is 0. The van der Waals surface area contributed by atoms with Crippen molar-refractivity contribution in [2.45, 2.75) is 12.8 Å². The van der Waals surface area contributed by atoms with E-state index in [0.717, 1.165) is 31.6 Å². The van der Waals surface area contributed by atoms with E-state index in [0.29, 0.717) is 18.0 Å². The van der Waals surface area contributed by atoms with Gasteiger partial charge in [-0.1, -0.05) is 18.2 Å². The molecule has 1 aliphatic heterocycles. The largest absolute Gasteiger partial charge is 0.371 e. The van der Waals surface area contributed by atoms with Gasteiger partial charge in [0.2, 0.25) is 0 Å². The highest BCUT2D eigenvalue weighted by molar-refractivity contribution is 5.94. The number of amides is 2. The Balaban J connectivity index is 1.59. The highest BCUT2D eigenvalue weighted by Crippen LogP contribution is 2.23. The molecule has 3 rings (SSSR count). The molecule has 2 amide bonds. The molecule has 3 N–H and O–H groups in total. The van der Waals surface area contributed by atoms with Gasteiger partial charge in [0.05, 0.1) is 0 Å². The zero-order valence-electron chi connectivity index (χ0n) is 14.0. The maximum absolute atomic E-state index is 12.2. The van der Waals surface area contributed by atoms with Crippen LogP contribution in [0.25, 0.3) is 0 Å². The quantitative estimate of drug-likeness (QED) is 0.870. The Hall–Kier alpha value is -2.89. The first-order valence-electron chi connectivity index (χ1n) is 8.47. The molecule has 1 atom stereocenters. The average Bonchev–Trinajstić information content (AvgIpc) is 2.67. The monoisotopic (exact) mass is 338 g/mol. The van der Waals surface area contributed by atoms with Crippen molar-refractivity contribution in [3.63, 3.8) is 0 Å². The van der Waals surface area contributed by atoms with Gasteiger partial charge in [-0.15, -0.1) is 0 Å². The lowest BCUT2D eigenvalue weighted by atomic mass is 9.97. The van der Waals surface area contributed by atoms with Crippen molar-refractivity contribution >= 4 is 17.5 Å². The van der Waals surface area contributed by atoms with Gasteiger partial charge in [0.15, 0.2) is 0 Å². The van der Waals surface area contributed by atoms with E-state index in [9.17, 15) is 9.59 Å². The molecule has 2 aromatic rings. The summed E-state index contributed by atoms with van der Waals surface area (Å²) in [6, 6.07) is 12.8. The Labute approximate surface area is 147 Å². The number of carbonyl (C=O) groups excluding carboxylic acids is 2. The third kappa shape index (κ3) is 4.35. The molecule has 0 radical (unpaired) electrons. The molecule has 0 saturated carbocycles. The number of piperidine rings is 1. The van der Waals surface area contributed by atoms with Crippen LogP contribution in [0.2, 0.25) is 0 Å². The summed E-state index contributed by atoms with van der Waals surface area (Å²) < 4.78 is 0. The van der Waals surface area contributed by atoms with Gasteiger partial charge >= 0.3 is 0 Å². The molecule has 0 aliphatic carbocycles. The van der Waals surface area contributed by atoms with Crippen LogP contribution in [-0.4, -0.2) is 36.4 Å². The summed E-state index contributed by atoms with van der Waals surface area (Å²) in [6.07, 6.45) is 3.72. The highest BCUT2D eigenvalue weighted by atomic mass is 16.2. The Morgan fingerprint density at radius 3 is 2.80 bits per heavy atom. The molecular formula is C19H22N4O2. The van der Waals surface area contributed by atoms with Crippen molar-refractivity contribution in [3.8, 4) is 0 Å². The lowest BCUT2D eigenvalue weighted by Crippen LogP contribution is -2.41. The minimum Gasteiger partial charge on any atom is -0.371 e. The van der Waals surface area contributed by atoms with Crippen molar-refractivity contribution in [1.29, 1.82) is 0 Å². The zero-order valence-corrected chi connectivity index (χ0v) is 14.0. The molecule has 1 aromatic heterocycles. The van der Waals surface area contributed by atoms with Gasteiger partial charge in [0.1, 0.15) is 5.69 Å². The molecule has 6 heteroatoms. The van der Waals surface area contributed by atoms with Crippen LogP contribution in [0.1, 0.15) is 33.7 Å². The van der Waals surface area contributed by atoms with Gasteiger partial charge in [-0.2, -0.15) is 0 Å². The number of nitrogens with two attached hydrogens (primary N) is 1. The fourth-order valence-corrected chi connectivity index (χ4v) is 3.15. The molecule has 25 heavy (non-hydrogen) atoms. The summed E-state index contributed by atoms with van der Waals surface area (Å²) in [5.74, 6) is -0.199. The van der Waals surface area contributed by atoms with E-state index in [1.54, 1.807) is 12.3 Å². The van der Waals surface area contributed by atoms with Crippen molar-refractivity contribution in [3.05, 3.63) is 59.9 Å². The van der Waals surface area contributed by atoms with Gasteiger partial charge in [-0.25, -0.2) is 0 Å². The number of nitrogens with zero attached hydrogens (tertiary/aromatic N) is 2. The lowest BCUT2D eigenvalue weighted by molar-refractivity contribution is 0.0944. The molecule has 0 bridgehead atoms. The van der Waals surface area contributed by atoms with Gasteiger partial charge < -0.3 is 16.0 Å². The molecule has 0 spiro atoms. The Bertz CT molecular complexity index is 748. The number of carbonyl (C=O) groups is 2. The first-order chi connectivity index (χ1) is 12.1. The summed E-state index contributed by atoms with van der Waals surface area (Å²) in [5, 5.41) is 3.02. The number of pyridine rings is 1. The van der Waals surface area contributed by atoms with Crippen LogP contribution in [0.5, 0.6) is 0 Å². The van der Waals surface area contributed by atoms with Crippen molar-refractivity contribution in [2.75, 3.05) is 24.5 Å². The molecule has 0 unspecified atom stereocenters. The SMILES string of the molecule is NC(=O)c1cc(N2CCC[C@H](CNC(=O)c3ccccc3)C2)ccn1. The highest BCUT2D eigenvalue weighted by Gasteiger charge is 2.21. The number of aromatic nitrogens is 1. The van der Waals surface area contributed by atoms with Gasteiger partial charge in [0.25, 0.3) is 11.8 Å². The summed E-state index contributed by atoms with van der Waals surface area (Å²) in [5.41, 5.74) is 7.21. The molecule has 1 saturated heterocycles. The number of hydrogen-bond acceptors (Lipinski definition) is 4. The topological polar surface area (TPSA) is 88.3 Å². The molecule has 1 aliphatic rings. The number of anilines is 1. The molecule has 2 heterocycles. The number of rotatable bonds is 5. The average molecular weight is 338 g/mol. The van der Waals surface area contributed by atoms with E-state index in [2.05, 4.69) is 15.2 Å². The third-order valence-electron chi connectivity index (χ3n) is 4.47. The van der Waals surface area contributed by atoms with Crippen LogP contribution in [0.4, 0.5) is 5.69 Å². The van der Waals surface area contributed by atoms with Crippen molar-refractivity contribution < 1.29 is 9.59 Å². The smallest absolute Gasteiger partial charge is 0.267 e. The predicted octanol–water partition coefficient (Wildman–Crippen LogP) is 1.83. The molecule has 6 nitrogen and oxygen atoms in total. The first kappa shape index (κ1) is 17.0. The van der Waals surface area contributed by atoms with Crippen molar-refractivity contribution in [1.82, 2.24) is 10.3 Å². The summed E-state index contributed by atoms with van der Waals surface area (Å²) in [4.78, 5) is 29.7. The second-order valence-corrected chi connectivity index (χ2v) is 6.29. The van der Waals surface area contributed by atoms with Crippen LogP contribution < -0.4 is 16.0 Å². The summed E-state index contributed by atoms with van der Waals surface area (Å²) in [6.45, 7) is 2.39. The fourth-order valence-electron chi connectivity index (χ4n) is 3.15. The Morgan fingerprint density at radius 2 is 2.04 bits per heavy atom. The molecule has 1 fully saturated rings. The van der Waals surface area contributed by atoms with E-state index < -0.39 is 5.91 Å².